The monoisotopic (exact) mass is 322 g/mol. The van der Waals surface area contributed by atoms with Crippen molar-refractivity contribution in [2.24, 2.45) is 0 Å². The number of anilines is 1. The summed E-state index contributed by atoms with van der Waals surface area (Å²) in [4.78, 5) is -0.209. The van der Waals surface area contributed by atoms with Crippen molar-refractivity contribution in [2.45, 2.75) is 36.3 Å². The molecule has 1 aromatic rings. The summed E-state index contributed by atoms with van der Waals surface area (Å²) in [6.07, 6.45) is 2.13. The van der Waals surface area contributed by atoms with Crippen molar-refractivity contribution in [1.29, 1.82) is 0 Å². The van der Waals surface area contributed by atoms with Crippen molar-refractivity contribution < 1.29 is 17.5 Å². The van der Waals surface area contributed by atoms with E-state index >= 15 is 0 Å². The maximum atomic E-state index is 13.2. The number of hydrogen-bond acceptors (Lipinski definition) is 4. The molecule has 8 heteroatoms. The molecule has 1 aromatic carbocycles. The number of ether oxygens (including phenoxy) is 1. The first-order chi connectivity index (χ1) is 9.33. The third kappa shape index (κ3) is 3.22. The number of nitrogens with one attached hydrogen (secondary N) is 1. The second-order valence-electron chi connectivity index (χ2n) is 4.79. The Morgan fingerprint density at radius 3 is 2.75 bits per heavy atom. The highest BCUT2D eigenvalue weighted by molar-refractivity contribution is 7.89. The summed E-state index contributed by atoms with van der Waals surface area (Å²) >= 11 is 5.79. The number of nitrogen functional groups attached to an aromatic ring is 1. The predicted molar refractivity (Wildman–Crippen MR) is 74.6 cm³/mol. The number of sulfonamides is 1. The van der Waals surface area contributed by atoms with Crippen molar-refractivity contribution in [3.8, 4) is 0 Å². The molecule has 0 heterocycles. The molecule has 0 radical (unpaired) electrons. The van der Waals surface area contributed by atoms with Crippen LogP contribution in [0.15, 0.2) is 17.0 Å². The molecule has 2 unspecified atom stereocenters. The van der Waals surface area contributed by atoms with Gasteiger partial charge in [-0.25, -0.2) is 17.5 Å². The van der Waals surface area contributed by atoms with Gasteiger partial charge in [0.25, 0.3) is 0 Å². The first-order valence-electron chi connectivity index (χ1n) is 6.13. The molecule has 2 atom stereocenters. The van der Waals surface area contributed by atoms with E-state index in [-0.39, 0.29) is 27.8 Å². The molecule has 20 heavy (non-hydrogen) atoms. The Morgan fingerprint density at radius 1 is 1.45 bits per heavy atom. The lowest BCUT2D eigenvalue weighted by atomic mass is 10.3. The summed E-state index contributed by atoms with van der Waals surface area (Å²) in [7, 11) is -2.23. The van der Waals surface area contributed by atoms with Gasteiger partial charge in [-0.2, -0.15) is 0 Å². The number of halogens is 2. The van der Waals surface area contributed by atoms with Crippen molar-refractivity contribution in [1.82, 2.24) is 4.72 Å². The zero-order valence-electron chi connectivity index (χ0n) is 10.9. The van der Waals surface area contributed by atoms with Gasteiger partial charge < -0.3 is 10.5 Å². The van der Waals surface area contributed by atoms with E-state index in [1.54, 1.807) is 7.11 Å². The van der Waals surface area contributed by atoms with E-state index in [2.05, 4.69) is 4.72 Å². The van der Waals surface area contributed by atoms with Gasteiger partial charge >= 0.3 is 0 Å². The third-order valence-corrected chi connectivity index (χ3v) is 5.37. The van der Waals surface area contributed by atoms with Crippen LogP contribution < -0.4 is 10.5 Å². The highest BCUT2D eigenvalue weighted by Gasteiger charge is 2.30. The molecule has 2 rings (SSSR count). The van der Waals surface area contributed by atoms with E-state index in [1.807, 2.05) is 0 Å². The van der Waals surface area contributed by atoms with E-state index < -0.39 is 15.8 Å². The Hall–Kier alpha value is -0.890. The van der Waals surface area contributed by atoms with E-state index in [0.717, 1.165) is 18.6 Å². The van der Waals surface area contributed by atoms with E-state index in [4.69, 9.17) is 22.1 Å². The first-order valence-corrected chi connectivity index (χ1v) is 7.99. The van der Waals surface area contributed by atoms with Crippen LogP contribution in [0, 0.1) is 5.82 Å². The maximum Gasteiger partial charge on any atom is 0.242 e. The Morgan fingerprint density at radius 2 is 2.15 bits per heavy atom. The Bertz CT molecular complexity index is 609. The molecule has 0 aromatic heterocycles. The summed E-state index contributed by atoms with van der Waals surface area (Å²) in [6.45, 7) is 0. The lowest BCUT2D eigenvalue weighted by Gasteiger charge is -2.14. The molecule has 1 fully saturated rings. The topological polar surface area (TPSA) is 81.4 Å². The highest BCUT2D eigenvalue weighted by atomic mass is 35.5. The minimum Gasteiger partial charge on any atom is -0.396 e. The minimum atomic E-state index is -3.83. The lowest BCUT2D eigenvalue weighted by molar-refractivity contribution is 0.107. The molecule has 0 amide bonds. The zero-order valence-corrected chi connectivity index (χ0v) is 12.5. The normalized spacial score (nSPS) is 23.1. The molecule has 1 saturated carbocycles. The number of benzene rings is 1. The van der Waals surface area contributed by atoms with Crippen molar-refractivity contribution in [3.63, 3.8) is 0 Å². The van der Waals surface area contributed by atoms with Crippen LogP contribution in [0.3, 0.4) is 0 Å². The van der Waals surface area contributed by atoms with Crippen LogP contribution in [0.5, 0.6) is 0 Å². The van der Waals surface area contributed by atoms with E-state index in [9.17, 15) is 12.8 Å². The van der Waals surface area contributed by atoms with Crippen LogP contribution in [0.4, 0.5) is 10.1 Å². The van der Waals surface area contributed by atoms with E-state index in [1.165, 1.54) is 0 Å². The molecule has 1 aliphatic carbocycles. The number of methoxy groups -OCH3 is 1. The second-order valence-corrected chi connectivity index (χ2v) is 6.88. The van der Waals surface area contributed by atoms with Gasteiger partial charge in [-0.1, -0.05) is 11.6 Å². The number of nitrogens with two attached hydrogens (primary N) is 1. The van der Waals surface area contributed by atoms with Crippen LogP contribution >= 0.6 is 11.6 Å². The average molecular weight is 323 g/mol. The van der Waals surface area contributed by atoms with Crippen molar-refractivity contribution >= 4 is 27.3 Å². The van der Waals surface area contributed by atoms with Gasteiger partial charge in [-0.05, 0) is 31.4 Å². The number of hydrogen-bond donors (Lipinski definition) is 2. The Labute approximate surface area is 122 Å². The zero-order chi connectivity index (χ0) is 14.9. The van der Waals surface area contributed by atoms with Crippen LogP contribution in [-0.4, -0.2) is 27.7 Å². The Kier molecular flexibility index (Phi) is 4.53. The molecule has 5 nitrogen and oxygen atoms in total. The first kappa shape index (κ1) is 15.5. The van der Waals surface area contributed by atoms with Crippen LogP contribution in [0.25, 0.3) is 0 Å². The standard InChI is InChI=1S/C12H16ClFN2O3S/c1-19-8-3-2-7(4-8)16-20(17,18)12-6-11(15)10(14)5-9(12)13/h5-8,16H,2-4,15H2,1H3. The highest BCUT2D eigenvalue weighted by Crippen LogP contribution is 2.28. The smallest absolute Gasteiger partial charge is 0.242 e. The average Bonchev–Trinajstić information content (AvgIpc) is 2.80. The summed E-state index contributed by atoms with van der Waals surface area (Å²) in [5.41, 5.74) is 5.14. The fraction of sp³-hybridized carbons (Fsp3) is 0.500. The quantitative estimate of drug-likeness (QED) is 0.830. The summed E-state index contributed by atoms with van der Waals surface area (Å²) in [6, 6.07) is 1.72. The van der Waals surface area contributed by atoms with Gasteiger partial charge in [0.15, 0.2) is 0 Å². The summed E-state index contributed by atoms with van der Waals surface area (Å²) in [5.74, 6) is -0.741. The van der Waals surface area contributed by atoms with Gasteiger partial charge in [0.05, 0.1) is 16.8 Å². The van der Waals surface area contributed by atoms with Gasteiger partial charge in [0.1, 0.15) is 10.7 Å². The van der Waals surface area contributed by atoms with Gasteiger partial charge in [-0.3, -0.25) is 0 Å². The molecule has 0 spiro atoms. The SMILES string of the molecule is COC1CCC(NS(=O)(=O)c2cc(N)c(F)cc2Cl)C1. The van der Waals surface area contributed by atoms with E-state index in [0.29, 0.717) is 12.8 Å². The fourth-order valence-corrected chi connectivity index (χ4v) is 4.13. The molecular formula is C12H16ClFN2O3S. The van der Waals surface area contributed by atoms with Crippen molar-refractivity contribution in [3.05, 3.63) is 23.0 Å². The molecule has 112 valence electrons. The molecule has 0 saturated heterocycles. The van der Waals surface area contributed by atoms with Crippen LogP contribution in [0.2, 0.25) is 5.02 Å². The molecular weight excluding hydrogens is 307 g/mol. The van der Waals surface area contributed by atoms with Crippen LogP contribution in [0.1, 0.15) is 19.3 Å². The largest absolute Gasteiger partial charge is 0.396 e. The van der Waals surface area contributed by atoms with Gasteiger partial charge in [-0.15, -0.1) is 0 Å². The number of rotatable bonds is 4. The minimum absolute atomic E-state index is 0.0523. The van der Waals surface area contributed by atoms with Crippen LogP contribution in [-0.2, 0) is 14.8 Å². The van der Waals surface area contributed by atoms with Gasteiger partial charge in [0.2, 0.25) is 10.0 Å². The lowest BCUT2D eigenvalue weighted by Crippen LogP contribution is -2.33. The predicted octanol–water partition coefficient (Wildman–Crippen LogP) is 1.91. The summed E-state index contributed by atoms with van der Waals surface area (Å²) in [5, 5.41) is -0.189. The van der Waals surface area contributed by atoms with Crippen molar-refractivity contribution in [2.75, 3.05) is 12.8 Å². The van der Waals surface area contributed by atoms with Gasteiger partial charge in [0, 0.05) is 13.2 Å². The molecule has 0 bridgehead atoms. The fourth-order valence-electron chi connectivity index (χ4n) is 2.29. The molecule has 0 aliphatic heterocycles. The second kappa shape index (κ2) is 5.85. The third-order valence-electron chi connectivity index (χ3n) is 3.38. The maximum absolute atomic E-state index is 13.2. The molecule has 1 aliphatic rings. The molecule has 3 N–H and O–H groups in total. The Balaban J connectivity index is 2.21. The summed E-state index contributed by atoms with van der Waals surface area (Å²) < 4.78 is 45.5.